The molecular formula is C46H30BeN2O2S2+2. The molecule has 0 saturated heterocycles. The zero-order valence-electron chi connectivity index (χ0n) is 28.5. The average Bonchev–Trinajstić information content (AvgIpc) is 3.84. The Kier molecular flexibility index (Phi) is 9.26. The van der Waals surface area contributed by atoms with Crippen molar-refractivity contribution < 1.29 is 20.2 Å². The molecule has 0 radical (unpaired) electrons. The van der Waals surface area contributed by atoms with Crippen molar-refractivity contribution in [1.29, 1.82) is 0 Å². The molecule has 4 nitrogen and oxygen atoms in total. The molecule has 0 spiro atoms. The topological polar surface area (TPSA) is 74.4 Å². The van der Waals surface area contributed by atoms with Crippen molar-refractivity contribution in [3.05, 3.63) is 170 Å². The first-order chi connectivity index (χ1) is 25.6. The van der Waals surface area contributed by atoms with E-state index in [0.29, 0.717) is 0 Å². The van der Waals surface area contributed by atoms with Gasteiger partial charge in [-0.15, -0.1) is 0 Å². The summed E-state index contributed by atoms with van der Waals surface area (Å²) in [6.07, 6.45) is 0. The second kappa shape index (κ2) is 14.5. The summed E-state index contributed by atoms with van der Waals surface area (Å²) in [6.45, 7) is 0. The van der Waals surface area contributed by atoms with Crippen molar-refractivity contribution in [3.63, 3.8) is 0 Å². The number of nitrogens with one attached hydrogen (secondary N) is 2. The van der Waals surface area contributed by atoms with Crippen LogP contribution in [0.2, 0.25) is 0 Å². The molecule has 7 heteroatoms. The van der Waals surface area contributed by atoms with Gasteiger partial charge in [-0.3, -0.25) is 0 Å². The van der Waals surface area contributed by atoms with E-state index in [4.69, 9.17) is 0 Å². The quantitative estimate of drug-likeness (QED) is 0.170. The molecule has 10 rings (SSSR count). The fourth-order valence-electron chi connectivity index (χ4n) is 6.87. The summed E-state index contributed by atoms with van der Waals surface area (Å²) in [5.74, 6) is 0.0887. The van der Waals surface area contributed by atoms with Crippen molar-refractivity contribution in [3.8, 4) is 54.9 Å². The number of thiazole rings is 2. The van der Waals surface area contributed by atoms with E-state index in [0.717, 1.165) is 32.2 Å². The Morgan fingerprint density at radius 3 is 1.09 bits per heavy atom. The number of hydrogen-bond donors (Lipinski definition) is 0. The largest absolute Gasteiger partial charge is 2.00 e. The number of fused-ring (bicyclic) bond motifs is 6. The zero-order valence-corrected chi connectivity index (χ0v) is 30.1. The zero-order chi connectivity index (χ0) is 35.0. The summed E-state index contributed by atoms with van der Waals surface area (Å²) in [4.78, 5) is 6.95. The van der Waals surface area contributed by atoms with Gasteiger partial charge >= 0.3 is 10.1 Å². The van der Waals surface area contributed by atoms with Crippen molar-refractivity contribution in [2.45, 2.75) is 0 Å². The van der Waals surface area contributed by atoms with Crippen LogP contribution < -0.4 is 20.2 Å². The molecular weight excluding hydrogens is 686 g/mol. The fraction of sp³-hybridized carbons (Fsp3) is 0. The summed E-state index contributed by atoms with van der Waals surface area (Å²) in [5, 5.41) is 31.1. The fourth-order valence-corrected chi connectivity index (χ4v) is 9.17. The number of aromatic amines is 2. The molecule has 0 aliphatic rings. The van der Waals surface area contributed by atoms with E-state index in [2.05, 4.69) is 119 Å². The van der Waals surface area contributed by atoms with Crippen LogP contribution in [0.5, 0.6) is 11.5 Å². The molecule has 248 valence electrons. The normalized spacial score (nSPS) is 11.0. The first-order valence-electron chi connectivity index (χ1n) is 17.0. The smallest absolute Gasteiger partial charge is 0.872 e. The van der Waals surface area contributed by atoms with Gasteiger partial charge in [0, 0.05) is 34.0 Å². The third-order valence-electron chi connectivity index (χ3n) is 9.33. The van der Waals surface area contributed by atoms with Crippen LogP contribution in [0.15, 0.2) is 170 Å². The maximum Gasteiger partial charge on any atom is 2.00 e. The average molecular weight is 716 g/mol. The van der Waals surface area contributed by atoms with Crippen molar-refractivity contribution in [2.24, 2.45) is 0 Å². The number of para-hydroxylation sites is 2. The minimum Gasteiger partial charge on any atom is -0.872 e. The summed E-state index contributed by atoms with van der Waals surface area (Å²) >= 11 is 3.28. The Balaban J connectivity index is 0.000000148. The second-order valence-corrected chi connectivity index (χ2v) is 14.6. The van der Waals surface area contributed by atoms with E-state index in [1.807, 2.05) is 36.4 Å². The first kappa shape index (κ1) is 33.9. The van der Waals surface area contributed by atoms with Crippen LogP contribution in [0.4, 0.5) is 0 Å². The molecule has 2 N–H and O–H groups in total. The standard InChI is InChI=1S/2C23H15NOS.Be/c2*25-21-13-7-6-12-18(21)23-24-20-14-19(15-8-2-1-3-9-15)16-10-4-5-11-17(16)22(20)26-23;/h2*1-14,25H;/q;;+2. The van der Waals surface area contributed by atoms with E-state index < -0.39 is 0 Å². The summed E-state index contributed by atoms with van der Waals surface area (Å²) < 4.78 is 2.36. The molecule has 2 aromatic heterocycles. The monoisotopic (exact) mass is 715 g/mol. The molecule has 2 heterocycles. The minimum atomic E-state index is 0. The van der Waals surface area contributed by atoms with E-state index in [-0.39, 0.29) is 21.6 Å². The molecule has 0 amide bonds. The van der Waals surface area contributed by atoms with E-state index in [9.17, 15) is 10.2 Å². The van der Waals surface area contributed by atoms with E-state index >= 15 is 0 Å². The van der Waals surface area contributed by atoms with Gasteiger partial charge in [-0.25, -0.2) is 0 Å². The molecule has 0 aliphatic heterocycles. The number of hydrogen-bond acceptors (Lipinski definition) is 4. The van der Waals surface area contributed by atoms with Gasteiger partial charge in [-0.05, 0) is 45.2 Å². The molecule has 53 heavy (non-hydrogen) atoms. The maximum atomic E-state index is 12.2. The predicted octanol–water partition coefficient (Wildman–Crippen LogP) is 10.2. The van der Waals surface area contributed by atoms with Gasteiger partial charge in [0.05, 0.1) is 0 Å². The number of rotatable bonds is 4. The third kappa shape index (κ3) is 6.34. The van der Waals surface area contributed by atoms with Gasteiger partial charge in [-0.2, -0.15) is 9.97 Å². The van der Waals surface area contributed by atoms with Gasteiger partial charge in [-0.1, -0.05) is 180 Å². The van der Waals surface area contributed by atoms with Crippen LogP contribution in [-0.4, -0.2) is 10.1 Å². The number of H-pyrrole nitrogens is 2. The Morgan fingerprint density at radius 1 is 0.358 bits per heavy atom. The van der Waals surface area contributed by atoms with Crippen LogP contribution in [-0.2, 0) is 0 Å². The number of benzene rings is 8. The Morgan fingerprint density at radius 2 is 0.698 bits per heavy atom. The molecule has 8 aromatic carbocycles. The van der Waals surface area contributed by atoms with Crippen molar-refractivity contribution in [1.82, 2.24) is 0 Å². The summed E-state index contributed by atoms with van der Waals surface area (Å²) in [7, 11) is 0. The van der Waals surface area contributed by atoms with E-state index in [1.165, 1.54) is 53.2 Å². The van der Waals surface area contributed by atoms with Crippen LogP contribution >= 0.6 is 22.7 Å². The van der Waals surface area contributed by atoms with E-state index in [1.54, 1.807) is 46.9 Å². The Hall–Kier alpha value is -6.17. The first-order valence-corrected chi connectivity index (χ1v) is 18.6. The molecule has 0 atom stereocenters. The predicted molar refractivity (Wildman–Crippen MR) is 218 cm³/mol. The second-order valence-electron chi connectivity index (χ2n) is 12.5. The molecule has 0 saturated carbocycles. The number of aromatic nitrogens is 2. The maximum absolute atomic E-state index is 12.2. The van der Waals surface area contributed by atoms with Crippen LogP contribution in [0.25, 0.3) is 85.4 Å². The van der Waals surface area contributed by atoms with Crippen LogP contribution in [0, 0.1) is 0 Å². The Labute approximate surface area is 318 Å². The SMILES string of the molecule is [Be+2].[O-]c1ccccc1-c1[nH+]c2cc(-c3ccccc3)c3ccccc3c2s1.[O-]c1ccccc1-c1[nH+]c2cc(-c3ccccc3)c3ccccc3c2s1. The van der Waals surface area contributed by atoms with Gasteiger partial charge in [0.25, 0.3) is 10.0 Å². The summed E-state index contributed by atoms with van der Waals surface area (Å²) in [6, 6.07) is 56.5. The third-order valence-corrected chi connectivity index (χ3v) is 11.7. The van der Waals surface area contributed by atoms with Crippen LogP contribution in [0.1, 0.15) is 0 Å². The molecule has 0 bridgehead atoms. The van der Waals surface area contributed by atoms with Gasteiger partial charge in [0.15, 0.2) is 0 Å². The molecule has 0 unspecified atom stereocenters. The van der Waals surface area contributed by atoms with Crippen LogP contribution in [0.3, 0.4) is 0 Å². The molecule has 0 aliphatic carbocycles. The summed E-state index contributed by atoms with van der Waals surface area (Å²) in [5.41, 5.74) is 8.34. The minimum absolute atomic E-state index is 0. The molecule has 0 fully saturated rings. The van der Waals surface area contributed by atoms with Crippen molar-refractivity contribution >= 4 is 74.8 Å². The van der Waals surface area contributed by atoms with Gasteiger partial charge in [0.2, 0.25) is 11.0 Å². The van der Waals surface area contributed by atoms with Gasteiger partial charge in [0.1, 0.15) is 9.40 Å². The van der Waals surface area contributed by atoms with Crippen molar-refractivity contribution in [2.75, 3.05) is 0 Å². The molecule has 10 aromatic rings. The van der Waals surface area contributed by atoms with Gasteiger partial charge < -0.3 is 10.2 Å². The Bertz CT molecular complexity index is 2690.